The number of rotatable bonds is 3. The Bertz CT molecular complexity index is 698. The van der Waals surface area contributed by atoms with Gasteiger partial charge in [-0.1, -0.05) is 35.9 Å². The zero-order valence-corrected chi connectivity index (χ0v) is 12.4. The van der Waals surface area contributed by atoms with Crippen LogP contribution in [0.3, 0.4) is 0 Å². The minimum absolute atomic E-state index is 0.0194. The Labute approximate surface area is 127 Å². The average molecular weight is 305 g/mol. The molecular formula is C16H13ClO4. The molecule has 2 rings (SSSR count). The summed E-state index contributed by atoms with van der Waals surface area (Å²) < 4.78 is 4.84. The van der Waals surface area contributed by atoms with Crippen molar-refractivity contribution in [1.82, 2.24) is 0 Å². The second kappa shape index (κ2) is 6.06. The first-order valence-corrected chi connectivity index (χ1v) is 6.78. The third-order valence-electron chi connectivity index (χ3n) is 3.06. The Kier molecular flexibility index (Phi) is 4.38. The maximum absolute atomic E-state index is 12.4. The topological polar surface area (TPSA) is 60.4 Å². The third-order valence-corrected chi connectivity index (χ3v) is 3.43. The van der Waals surface area contributed by atoms with Crippen molar-refractivity contribution in [2.24, 2.45) is 0 Å². The summed E-state index contributed by atoms with van der Waals surface area (Å²) in [4.78, 5) is 36.2. The summed E-state index contributed by atoms with van der Waals surface area (Å²) >= 11 is 5.99. The first-order valence-electron chi connectivity index (χ1n) is 6.41. The van der Waals surface area contributed by atoms with E-state index in [0.717, 1.165) is 0 Å². The van der Waals surface area contributed by atoms with Gasteiger partial charge in [-0.2, -0.15) is 0 Å². The van der Waals surface area contributed by atoms with Crippen LogP contribution in [0, 0.1) is 0 Å². The van der Waals surface area contributed by atoms with Crippen LogP contribution in [0.25, 0.3) is 0 Å². The lowest BCUT2D eigenvalue weighted by atomic mass is 9.88. The zero-order valence-electron chi connectivity index (χ0n) is 11.6. The van der Waals surface area contributed by atoms with Gasteiger partial charge in [0.05, 0.1) is 11.6 Å². The second-order valence-corrected chi connectivity index (χ2v) is 4.86. The van der Waals surface area contributed by atoms with E-state index in [0.29, 0.717) is 0 Å². The van der Waals surface area contributed by atoms with E-state index < -0.39 is 11.8 Å². The van der Waals surface area contributed by atoms with Crippen molar-refractivity contribution in [3.8, 4) is 0 Å². The van der Waals surface area contributed by atoms with Crippen LogP contribution in [0.5, 0.6) is 0 Å². The van der Waals surface area contributed by atoms with Gasteiger partial charge in [0.25, 0.3) is 0 Å². The number of fused-ring (bicyclic) bond motifs is 1. The minimum atomic E-state index is -0.548. The molecule has 0 aliphatic heterocycles. The molecule has 0 saturated heterocycles. The fourth-order valence-electron chi connectivity index (χ4n) is 2.01. The van der Waals surface area contributed by atoms with Gasteiger partial charge in [-0.3, -0.25) is 9.59 Å². The van der Waals surface area contributed by atoms with E-state index >= 15 is 0 Å². The van der Waals surface area contributed by atoms with Crippen LogP contribution in [-0.4, -0.2) is 24.1 Å². The Morgan fingerprint density at radius 2 is 1.76 bits per heavy atom. The fraction of sp³-hybridized carbons (Fsp3) is 0.188. The van der Waals surface area contributed by atoms with Crippen LogP contribution in [-0.2, 0) is 9.53 Å². The number of hydrogen-bond acceptors (Lipinski definition) is 4. The van der Waals surface area contributed by atoms with Gasteiger partial charge >= 0.3 is 5.97 Å². The molecule has 0 unspecified atom stereocenters. The second-order valence-electron chi connectivity index (χ2n) is 4.48. The predicted molar refractivity (Wildman–Crippen MR) is 78.4 cm³/mol. The molecule has 0 spiro atoms. The normalized spacial score (nSPS) is 15.1. The standard InChI is InChI=1S/C16H13ClO4/c1-3-21-16(20)9(2)8-12-13(17)15(19)11-7-5-4-6-10(11)14(12)18/h4-8H,3H2,1-2H3/b9-8+. The summed E-state index contributed by atoms with van der Waals surface area (Å²) in [6.45, 7) is 3.42. The van der Waals surface area contributed by atoms with Crippen molar-refractivity contribution in [2.45, 2.75) is 13.8 Å². The number of carbonyl (C=O) groups is 3. The summed E-state index contributed by atoms with van der Waals surface area (Å²) in [6.07, 6.45) is 1.30. The van der Waals surface area contributed by atoms with Crippen LogP contribution in [0.1, 0.15) is 34.6 Å². The van der Waals surface area contributed by atoms with E-state index in [1.165, 1.54) is 13.0 Å². The van der Waals surface area contributed by atoms with Crippen LogP contribution in [0.15, 0.2) is 46.5 Å². The quantitative estimate of drug-likeness (QED) is 0.636. The van der Waals surface area contributed by atoms with Gasteiger partial charge in [0, 0.05) is 22.3 Å². The minimum Gasteiger partial charge on any atom is -0.463 e. The van der Waals surface area contributed by atoms with Crippen LogP contribution in [0.2, 0.25) is 0 Å². The summed E-state index contributed by atoms with van der Waals surface area (Å²) in [5.74, 6) is -1.35. The molecule has 0 fully saturated rings. The molecule has 0 amide bonds. The molecule has 1 aromatic rings. The maximum Gasteiger partial charge on any atom is 0.333 e. The lowest BCUT2D eigenvalue weighted by Gasteiger charge is -2.15. The highest BCUT2D eigenvalue weighted by Gasteiger charge is 2.30. The van der Waals surface area contributed by atoms with Crippen molar-refractivity contribution < 1.29 is 19.1 Å². The Morgan fingerprint density at radius 1 is 1.19 bits per heavy atom. The van der Waals surface area contributed by atoms with Gasteiger partial charge in [-0.15, -0.1) is 0 Å². The molecule has 0 heterocycles. The molecule has 0 bridgehead atoms. The summed E-state index contributed by atoms with van der Waals surface area (Å²) in [7, 11) is 0. The van der Waals surface area contributed by atoms with Gasteiger partial charge in [0.1, 0.15) is 0 Å². The fourth-order valence-corrected chi connectivity index (χ4v) is 2.26. The molecule has 1 aliphatic rings. The van der Waals surface area contributed by atoms with Crippen LogP contribution >= 0.6 is 11.6 Å². The smallest absolute Gasteiger partial charge is 0.333 e. The van der Waals surface area contributed by atoms with E-state index in [9.17, 15) is 14.4 Å². The number of Topliss-reactive ketones (excluding diaryl/α,β-unsaturated/α-hetero) is 2. The number of halogens is 1. The highest BCUT2D eigenvalue weighted by atomic mass is 35.5. The largest absolute Gasteiger partial charge is 0.463 e. The first kappa shape index (κ1) is 15.2. The van der Waals surface area contributed by atoms with E-state index in [-0.39, 0.29) is 39.7 Å². The van der Waals surface area contributed by atoms with Gasteiger partial charge in [0.15, 0.2) is 5.78 Å². The molecule has 1 aromatic carbocycles. The number of carbonyl (C=O) groups excluding carboxylic acids is 3. The van der Waals surface area contributed by atoms with Gasteiger partial charge in [0.2, 0.25) is 5.78 Å². The number of allylic oxidation sites excluding steroid dienone is 3. The number of benzene rings is 1. The Hall–Kier alpha value is -2.20. The highest BCUT2D eigenvalue weighted by Crippen LogP contribution is 2.29. The molecular weight excluding hydrogens is 292 g/mol. The molecule has 5 heteroatoms. The molecule has 21 heavy (non-hydrogen) atoms. The molecule has 0 N–H and O–H groups in total. The highest BCUT2D eigenvalue weighted by molar-refractivity contribution is 6.50. The number of hydrogen-bond donors (Lipinski definition) is 0. The Morgan fingerprint density at radius 3 is 2.33 bits per heavy atom. The lowest BCUT2D eigenvalue weighted by molar-refractivity contribution is -0.138. The zero-order chi connectivity index (χ0) is 15.6. The number of esters is 1. The molecule has 0 aromatic heterocycles. The van der Waals surface area contributed by atoms with Crippen molar-refractivity contribution in [2.75, 3.05) is 6.61 Å². The Balaban J connectivity index is 2.48. The van der Waals surface area contributed by atoms with Crippen molar-refractivity contribution >= 4 is 29.1 Å². The van der Waals surface area contributed by atoms with Crippen molar-refractivity contribution in [3.63, 3.8) is 0 Å². The molecule has 0 radical (unpaired) electrons. The van der Waals surface area contributed by atoms with Gasteiger partial charge < -0.3 is 4.74 Å². The van der Waals surface area contributed by atoms with E-state index in [4.69, 9.17) is 16.3 Å². The summed E-state index contributed by atoms with van der Waals surface area (Å²) in [5.41, 5.74) is 0.796. The predicted octanol–water partition coefficient (Wildman–Crippen LogP) is 3.07. The molecule has 1 aliphatic carbocycles. The SMILES string of the molecule is CCOC(=O)/C(C)=C/C1=C(Cl)C(=O)c2ccccc2C1=O. The van der Waals surface area contributed by atoms with Crippen LogP contribution < -0.4 is 0 Å². The maximum atomic E-state index is 12.4. The summed E-state index contributed by atoms with van der Waals surface area (Å²) in [6, 6.07) is 6.45. The molecule has 0 atom stereocenters. The lowest BCUT2D eigenvalue weighted by Crippen LogP contribution is -2.19. The van der Waals surface area contributed by atoms with E-state index in [1.807, 2.05) is 0 Å². The number of ether oxygens (including phenoxy) is 1. The third kappa shape index (κ3) is 2.81. The van der Waals surface area contributed by atoms with E-state index in [1.54, 1.807) is 31.2 Å². The van der Waals surface area contributed by atoms with Crippen molar-refractivity contribution in [1.29, 1.82) is 0 Å². The summed E-state index contributed by atoms with van der Waals surface area (Å²) in [5, 5.41) is -0.178. The molecule has 0 saturated carbocycles. The average Bonchev–Trinajstić information content (AvgIpc) is 2.49. The van der Waals surface area contributed by atoms with Gasteiger partial charge in [-0.05, 0) is 19.9 Å². The molecule has 108 valence electrons. The molecule has 4 nitrogen and oxygen atoms in total. The van der Waals surface area contributed by atoms with E-state index in [2.05, 4.69) is 0 Å². The van der Waals surface area contributed by atoms with Crippen molar-refractivity contribution in [3.05, 3.63) is 57.6 Å². The van der Waals surface area contributed by atoms with Gasteiger partial charge in [-0.25, -0.2) is 4.79 Å². The first-order chi connectivity index (χ1) is 9.97. The monoisotopic (exact) mass is 304 g/mol. The van der Waals surface area contributed by atoms with Crippen LogP contribution in [0.4, 0.5) is 0 Å². The number of ketones is 2.